The van der Waals surface area contributed by atoms with Crippen LogP contribution in [0, 0.1) is 17.8 Å². The number of hydrogen-bond acceptors (Lipinski definition) is 5. The van der Waals surface area contributed by atoms with Crippen molar-refractivity contribution in [3.63, 3.8) is 0 Å². The molecule has 0 aromatic carbocycles. The molecular weight excluding hydrogens is 406 g/mol. The highest BCUT2D eigenvalue weighted by molar-refractivity contribution is 5.93. The number of ether oxygens (including phenoxy) is 2. The van der Waals surface area contributed by atoms with Gasteiger partial charge in [-0.1, -0.05) is 31.9 Å². The highest BCUT2D eigenvalue weighted by atomic mass is 16.5. The largest absolute Gasteiger partial charge is 0.469 e. The zero-order valence-corrected chi connectivity index (χ0v) is 20.3. The van der Waals surface area contributed by atoms with Gasteiger partial charge in [-0.2, -0.15) is 0 Å². The van der Waals surface area contributed by atoms with Crippen molar-refractivity contribution >= 4 is 17.7 Å². The summed E-state index contributed by atoms with van der Waals surface area (Å²) in [5, 5.41) is 0. The topological polar surface area (TPSA) is 72.9 Å². The summed E-state index contributed by atoms with van der Waals surface area (Å²) in [6.07, 6.45) is 12.7. The molecule has 2 saturated heterocycles. The molecule has 0 radical (unpaired) electrons. The van der Waals surface area contributed by atoms with Gasteiger partial charge in [0.25, 0.3) is 0 Å². The molecule has 3 aliphatic rings. The molecule has 3 heterocycles. The van der Waals surface area contributed by atoms with Crippen molar-refractivity contribution in [1.29, 1.82) is 0 Å². The summed E-state index contributed by atoms with van der Waals surface area (Å²) in [6.45, 7) is 6.55. The van der Waals surface area contributed by atoms with Crippen LogP contribution in [-0.4, -0.2) is 54.0 Å². The molecule has 3 rings (SSSR count). The lowest BCUT2D eigenvalue weighted by atomic mass is 9.84. The fourth-order valence-electron chi connectivity index (χ4n) is 5.75. The van der Waals surface area contributed by atoms with E-state index in [9.17, 15) is 14.4 Å². The first-order valence-corrected chi connectivity index (χ1v) is 12.5. The predicted molar refractivity (Wildman–Crippen MR) is 123 cm³/mol. The van der Waals surface area contributed by atoms with Crippen LogP contribution in [-0.2, 0) is 23.9 Å². The summed E-state index contributed by atoms with van der Waals surface area (Å²) >= 11 is 0. The number of carbonyl (C=O) groups is 3. The quantitative estimate of drug-likeness (QED) is 0.438. The highest BCUT2D eigenvalue weighted by Gasteiger charge is 2.55. The van der Waals surface area contributed by atoms with Crippen LogP contribution < -0.4 is 0 Å². The van der Waals surface area contributed by atoms with Crippen molar-refractivity contribution in [3.8, 4) is 0 Å². The molecule has 0 aliphatic carbocycles. The number of hydrogen-bond donors (Lipinski definition) is 0. The maximum atomic E-state index is 13.6. The maximum Gasteiger partial charge on any atom is 0.309 e. The Labute approximate surface area is 193 Å². The molecule has 180 valence electrons. The molecular formula is C26H41NO5. The Morgan fingerprint density at radius 2 is 1.75 bits per heavy atom. The van der Waals surface area contributed by atoms with Gasteiger partial charge in [0.15, 0.2) is 5.78 Å². The number of Topliss-reactive ketones (excluding diaryl/α,β-unsaturated/α-hetero) is 1. The van der Waals surface area contributed by atoms with E-state index < -0.39 is 12.0 Å². The molecule has 0 spiro atoms. The Kier molecular flexibility index (Phi) is 8.54. The van der Waals surface area contributed by atoms with E-state index in [1.54, 1.807) is 4.90 Å². The Balaban J connectivity index is 1.83. The van der Waals surface area contributed by atoms with Crippen LogP contribution in [0.25, 0.3) is 0 Å². The van der Waals surface area contributed by atoms with Crippen LogP contribution in [0.3, 0.4) is 0 Å². The summed E-state index contributed by atoms with van der Waals surface area (Å²) in [7, 11) is 1.38. The maximum absolute atomic E-state index is 13.6. The second kappa shape index (κ2) is 11.0. The van der Waals surface area contributed by atoms with Gasteiger partial charge >= 0.3 is 5.97 Å². The van der Waals surface area contributed by atoms with Crippen LogP contribution in [0.15, 0.2) is 12.2 Å². The fraction of sp³-hybridized carbons (Fsp3) is 0.808. The summed E-state index contributed by atoms with van der Waals surface area (Å²) in [5.74, 6) is -0.856. The molecule has 0 saturated carbocycles. The SMILES string of the molecule is COC(=O)[C@@H]1CCCC/C=C/CCCC[C@H](C)C(=O)N2CC3OC(C)(C)C[C@@H]3C2C(=O)C1. The molecule has 6 heteroatoms. The molecule has 0 N–H and O–H groups in total. The van der Waals surface area contributed by atoms with E-state index in [0.717, 1.165) is 51.4 Å². The Morgan fingerprint density at radius 3 is 2.41 bits per heavy atom. The molecule has 32 heavy (non-hydrogen) atoms. The monoisotopic (exact) mass is 447 g/mol. The van der Waals surface area contributed by atoms with Gasteiger partial charge in [-0.15, -0.1) is 0 Å². The second-order valence-corrected chi connectivity index (χ2v) is 10.6. The lowest BCUT2D eigenvalue weighted by Crippen LogP contribution is -2.47. The zero-order valence-electron chi connectivity index (χ0n) is 20.3. The van der Waals surface area contributed by atoms with Crippen molar-refractivity contribution in [2.75, 3.05) is 13.7 Å². The Morgan fingerprint density at radius 1 is 1.09 bits per heavy atom. The van der Waals surface area contributed by atoms with Gasteiger partial charge in [-0.25, -0.2) is 0 Å². The van der Waals surface area contributed by atoms with E-state index in [1.165, 1.54) is 7.11 Å². The zero-order chi connectivity index (χ0) is 23.3. The van der Waals surface area contributed by atoms with E-state index in [2.05, 4.69) is 12.2 Å². The van der Waals surface area contributed by atoms with Gasteiger partial charge in [0, 0.05) is 24.8 Å². The minimum Gasteiger partial charge on any atom is -0.469 e. The average molecular weight is 448 g/mol. The third kappa shape index (κ3) is 6.00. The number of carbonyl (C=O) groups excluding carboxylic acids is 3. The van der Waals surface area contributed by atoms with Crippen molar-refractivity contribution in [2.24, 2.45) is 17.8 Å². The summed E-state index contributed by atoms with van der Waals surface area (Å²) < 4.78 is 11.2. The van der Waals surface area contributed by atoms with Crippen molar-refractivity contribution in [3.05, 3.63) is 12.2 Å². The van der Waals surface area contributed by atoms with Crippen LogP contribution in [0.1, 0.15) is 85.0 Å². The second-order valence-electron chi connectivity index (χ2n) is 10.6. The van der Waals surface area contributed by atoms with E-state index in [0.29, 0.717) is 13.0 Å². The van der Waals surface area contributed by atoms with Gasteiger partial charge < -0.3 is 14.4 Å². The predicted octanol–water partition coefficient (Wildman–Crippen LogP) is 4.46. The molecule has 0 aromatic heterocycles. The molecule has 6 nitrogen and oxygen atoms in total. The van der Waals surface area contributed by atoms with Crippen LogP contribution in [0.5, 0.6) is 0 Å². The number of ketones is 1. The average Bonchev–Trinajstić information content (AvgIpc) is 3.23. The lowest BCUT2D eigenvalue weighted by molar-refractivity contribution is -0.149. The first-order chi connectivity index (χ1) is 15.2. The Bertz CT molecular complexity index is 715. The standard InChI is InChI=1S/C26H41NO5/c1-18-13-11-9-7-5-6-8-10-12-14-19(25(30)31-4)15-21(28)23-20-16-26(2,3)32-22(20)17-27(23)24(18)29/h5-6,18-20,22-23H,7-17H2,1-4H3/b6-5+/t18-,19+,20-,22?,23?/m0/s1. The number of fused-ring (bicyclic) bond motifs is 3. The van der Waals surface area contributed by atoms with E-state index in [1.807, 2.05) is 20.8 Å². The number of methoxy groups -OCH3 is 1. The Hall–Kier alpha value is -1.69. The molecule has 5 atom stereocenters. The van der Waals surface area contributed by atoms with Crippen LogP contribution >= 0.6 is 0 Å². The first-order valence-electron chi connectivity index (χ1n) is 12.5. The van der Waals surface area contributed by atoms with Crippen LogP contribution in [0.4, 0.5) is 0 Å². The van der Waals surface area contributed by atoms with E-state index >= 15 is 0 Å². The lowest BCUT2D eigenvalue weighted by Gasteiger charge is -2.31. The number of allylic oxidation sites excluding steroid dienone is 2. The first kappa shape index (κ1) is 24.9. The highest BCUT2D eigenvalue weighted by Crippen LogP contribution is 2.44. The minimum atomic E-state index is -0.499. The third-order valence-corrected chi connectivity index (χ3v) is 7.41. The minimum absolute atomic E-state index is 0.00164. The van der Waals surface area contributed by atoms with Gasteiger partial charge in [-0.3, -0.25) is 14.4 Å². The molecule has 1 amide bonds. The summed E-state index contributed by atoms with van der Waals surface area (Å²) in [4.78, 5) is 41.2. The van der Waals surface area contributed by atoms with Crippen molar-refractivity contribution in [2.45, 2.75) is 103 Å². The van der Waals surface area contributed by atoms with Gasteiger partial charge in [0.1, 0.15) is 0 Å². The van der Waals surface area contributed by atoms with Gasteiger partial charge in [0.2, 0.25) is 5.91 Å². The molecule has 2 unspecified atom stereocenters. The van der Waals surface area contributed by atoms with Gasteiger partial charge in [-0.05, 0) is 58.8 Å². The number of nitrogens with zero attached hydrogens (tertiary/aromatic N) is 1. The van der Waals surface area contributed by atoms with Crippen molar-refractivity contribution in [1.82, 2.24) is 4.90 Å². The van der Waals surface area contributed by atoms with Crippen molar-refractivity contribution < 1.29 is 23.9 Å². The summed E-state index contributed by atoms with van der Waals surface area (Å²) in [6, 6.07) is -0.499. The molecule has 0 bridgehead atoms. The molecule has 2 fully saturated rings. The normalized spacial score (nSPS) is 35.6. The number of esters is 1. The summed E-state index contributed by atoms with van der Waals surface area (Å²) in [5.41, 5.74) is -0.293. The van der Waals surface area contributed by atoms with E-state index in [-0.39, 0.29) is 47.6 Å². The number of amides is 1. The van der Waals surface area contributed by atoms with Crippen LogP contribution in [0.2, 0.25) is 0 Å². The third-order valence-electron chi connectivity index (χ3n) is 7.41. The molecule has 3 aliphatic heterocycles. The molecule has 0 aromatic rings. The van der Waals surface area contributed by atoms with Gasteiger partial charge in [0.05, 0.1) is 30.8 Å². The van der Waals surface area contributed by atoms with E-state index in [4.69, 9.17) is 9.47 Å². The fourth-order valence-corrected chi connectivity index (χ4v) is 5.75. The smallest absolute Gasteiger partial charge is 0.309 e. The number of rotatable bonds is 1.